The standard InChI is InChI=1S/C21H26N2O2S/c1-14-19(15(2)25-22-14)12-26-13-21(24)23(17-10-11-17)20-9-5-7-16-6-3-4-8-18(16)20/h3-4,6,8,17,20H,5,7,9-13H2,1-2H3. The topological polar surface area (TPSA) is 46.3 Å². The summed E-state index contributed by atoms with van der Waals surface area (Å²) in [6, 6.07) is 9.38. The quantitative estimate of drug-likeness (QED) is 0.746. The first-order valence-corrected chi connectivity index (χ1v) is 10.7. The fourth-order valence-corrected chi connectivity index (χ4v) is 5.07. The molecule has 0 N–H and O–H groups in total. The van der Waals surface area contributed by atoms with Crippen LogP contribution in [0.15, 0.2) is 28.8 Å². The van der Waals surface area contributed by atoms with Gasteiger partial charge in [0.2, 0.25) is 5.91 Å². The second kappa shape index (κ2) is 7.47. The van der Waals surface area contributed by atoms with Crippen molar-refractivity contribution in [2.24, 2.45) is 0 Å². The Balaban J connectivity index is 1.45. The molecular weight excluding hydrogens is 344 g/mol. The van der Waals surface area contributed by atoms with Crippen LogP contribution in [0.2, 0.25) is 0 Å². The van der Waals surface area contributed by atoms with E-state index in [0.29, 0.717) is 11.8 Å². The van der Waals surface area contributed by atoms with Gasteiger partial charge in [-0.15, -0.1) is 11.8 Å². The average Bonchev–Trinajstić information content (AvgIpc) is 3.43. The molecule has 1 atom stereocenters. The zero-order valence-electron chi connectivity index (χ0n) is 15.5. The number of nitrogens with zero attached hydrogens (tertiary/aromatic N) is 2. The largest absolute Gasteiger partial charge is 0.361 e. The predicted octanol–water partition coefficient (Wildman–Crippen LogP) is 4.59. The van der Waals surface area contributed by atoms with E-state index in [1.165, 1.54) is 17.5 Å². The maximum absolute atomic E-state index is 13.1. The second-order valence-electron chi connectivity index (χ2n) is 7.43. The van der Waals surface area contributed by atoms with Crippen molar-refractivity contribution in [2.75, 3.05) is 5.75 Å². The van der Waals surface area contributed by atoms with Crippen LogP contribution in [-0.4, -0.2) is 27.8 Å². The van der Waals surface area contributed by atoms with Gasteiger partial charge in [-0.1, -0.05) is 29.4 Å². The molecule has 0 aliphatic heterocycles. The van der Waals surface area contributed by atoms with E-state index in [2.05, 4.69) is 34.3 Å². The molecule has 0 bridgehead atoms. The van der Waals surface area contributed by atoms with Gasteiger partial charge in [0.1, 0.15) is 5.76 Å². The summed E-state index contributed by atoms with van der Waals surface area (Å²) in [6.07, 6.45) is 5.70. The normalized spacial score (nSPS) is 19.2. The molecule has 138 valence electrons. The summed E-state index contributed by atoms with van der Waals surface area (Å²) >= 11 is 1.68. The summed E-state index contributed by atoms with van der Waals surface area (Å²) in [6.45, 7) is 3.90. The summed E-state index contributed by atoms with van der Waals surface area (Å²) in [5, 5.41) is 4.00. The zero-order valence-corrected chi connectivity index (χ0v) is 16.3. The van der Waals surface area contributed by atoms with Crippen LogP contribution in [0, 0.1) is 13.8 Å². The molecule has 4 nitrogen and oxygen atoms in total. The highest BCUT2D eigenvalue weighted by atomic mass is 32.2. The molecule has 1 amide bonds. The maximum Gasteiger partial charge on any atom is 0.233 e. The van der Waals surface area contributed by atoms with Crippen LogP contribution in [-0.2, 0) is 17.0 Å². The predicted molar refractivity (Wildman–Crippen MR) is 104 cm³/mol. The zero-order chi connectivity index (χ0) is 18.1. The van der Waals surface area contributed by atoms with E-state index in [9.17, 15) is 4.79 Å². The van der Waals surface area contributed by atoms with Crippen LogP contribution in [0.4, 0.5) is 0 Å². The monoisotopic (exact) mass is 370 g/mol. The fraction of sp³-hybridized carbons (Fsp3) is 0.524. The minimum Gasteiger partial charge on any atom is -0.361 e. The second-order valence-corrected chi connectivity index (χ2v) is 8.42. The Bertz CT molecular complexity index is 778. The van der Waals surface area contributed by atoms with Crippen LogP contribution in [0.1, 0.15) is 59.9 Å². The smallest absolute Gasteiger partial charge is 0.233 e. The van der Waals surface area contributed by atoms with Crippen LogP contribution in [0.5, 0.6) is 0 Å². The van der Waals surface area contributed by atoms with Gasteiger partial charge in [0.25, 0.3) is 0 Å². The van der Waals surface area contributed by atoms with E-state index < -0.39 is 0 Å². The molecule has 1 aromatic carbocycles. The van der Waals surface area contributed by atoms with Gasteiger partial charge in [-0.3, -0.25) is 4.79 Å². The Morgan fingerprint density at radius 1 is 1.27 bits per heavy atom. The summed E-state index contributed by atoms with van der Waals surface area (Å²) in [5.74, 6) is 2.46. The van der Waals surface area contributed by atoms with Crippen molar-refractivity contribution in [2.45, 2.75) is 63.8 Å². The van der Waals surface area contributed by atoms with Gasteiger partial charge < -0.3 is 9.42 Å². The molecule has 26 heavy (non-hydrogen) atoms. The Labute approximate surface area is 159 Å². The van der Waals surface area contributed by atoms with Gasteiger partial charge >= 0.3 is 0 Å². The molecule has 5 heteroatoms. The van der Waals surface area contributed by atoms with Crippen molar-refractivity contribution in [3.63, 3.8) is 0 Å². The third kappa shape index (κ3) is 3.54. The molecule has 1 unspecified atom stereocenters. The van der Waals surface area contributed by atoms with Crippen molar-refractivity contribution in [1.82, 2.24) is 10.1 Å². The van der Waals surface area contributed by atoms with Crippen molar-refractivity contribution in [3.8, 4) is 0 Å². The average molecular weight is 371 g/mol. The van der Waals surface area contributed by atoms with Gasteiger partial charge in [-0.05, 0) is 57.1 Å². The Hall–Kier alpha value is -1.75. The van der Waals surface area contributed by atoms with E-state index in [4.69, 9.17) is 4.52 Å². The lowest BCUT2D eigenvalue weighted by Gasteiger charge is -2.36. The molecule has 1 heterocycles. The summed E-state index contributed by atoms with van der Waals surface area (Å²) in [5.41, 5.74) is 4.85. The molecule has 2 aromatic rings. The number of hydrogen-bond donors (Lipinski definition) is 0. The third-order valence-corrected chi connectivity index (χ3v) is 6.50. The van der Waals surface area contributed by atoms with Gasteiger partial charge in [0.15, 0.2) is 0 Å². The molecule has 2 aliphatic carbocycles. The van der Waals surface area contributed by atoms with E-state index in [1.54, 1.807) is 11.8 Å². The molecule has 0 radical (unpaired) electrons. The number of hydrogen-bond acceptors (Lipinski definition) is 4. The fourth-order valence-electron chi connectivity index (χ4n) is 4.02. The van der Waals surface area contributed by atoms with Crippen molar-refractivity contribution in [3.05, 3.63) is 52.4 Å². The van der Waals surface area contributed by atoms with Crippen molar-refractivity contribution >= 4 is 17.7 Å². The lowest BCUT2D eigenvalue weighted by molar-refractivity contribution is -0.131. The van der Waals surface area contributed by atoms with Gasteiger partial charge in [0, 0.05) is 17.4 Å². The first-order chi connectivity index (χ1) is 12.6. The van der Waals surface area contributed by atoms with Gasteiger partial charge in [-0.2, -0.15) is 0 Å². The van der Waals surface area contributed by atoms with Gasteiger partial charge in [0.05, 0.1) is 17.5 Å². The highest BCUT2D eigenvalue weighted by molar-refractivity contribution is 7.99. The Morgan fingerprint density at radius 2 is 2.08 bits per heavy atom. The lowest BCUT2D eigenvalue weighted by Crippen LogP contribution is -2.39. The highest BCUT2D eigenvalue weighted by Gasteiger charge is 2.39. The number of rotatable bonds is 6. The molecule has 2 aliphatic rings. The van der Waals surface area contributed by atoms with E-state index >= 15 is 0 Å². The summed E-state index contributed by atoms with van der Waals surface area (Å²) < 4.78 is 5.22. The van der Waals surface area contributed by atoms with Crippen LogP contribution < -0.4 is 0 Å². The molecule has 1 fully saturated rings. The first-order valence-electron chi connectivity index (χ1n) is 9.53. The summed E-state index contributed by atoms with van der Waals surface area (Å²) in [4.78, 5) is 15.3. The van der Waals surface area contributed by atoms with Crippen LogP contribution >= 0.6 is 11.8 Å². The Morgan fingerprint density at radius 3 is 2.81 bits per heavy atom. The number of carbonyl (C=O) groups is 1. The molecule has 4 rings (SSSR count). The minimum atomic E-state index is 0.264. The number of amides is 1. The number of benzene rings is 1. The maximum atomic E-state index is 13.1. The molecule has 0 spiro atoms. The number of thioether (sulfide) groups is 1. The minimum absolute atomic E-state index is 0.264. The lowest BCUT2D eigenvalue weighted by atomic mass is 9.86. The highest BCUT2D eigenvalue weighted by Crippen LogP contribution is 2.41. The van der Waals surface area contributed by atoms with Crippen molar-refractivity contribution in [1.29, 1.82) is 0 Å². The van der Waals surface area contributed by atoms with E-state index in [0.717, 1.165) is 48.5 Å². The summed E-state index contributed by atoms with van der Waals surface area (Å²) in [7, 11) is 0. The molecular formula is C21H26N2O2S. The first kappa shape index (κ1) is 17.7. The number of aromatic nitrogens is 1. The number of carbonyl (C=O) groups excluding carboxylic acids is 1. The molecule has 1 aromatic heterocycles. The van der Waals surface area contributed by atoms with E-state index in [-0.39, 0.29) is 11.9 Å². The van der Waals surface area contributed by atoms with E-state index in [1.807, 2.05) is 13.8 Å². The molecule has 1 saturated carbocycles. The number of aryl methyl sites for hydroxylation is 3. The Kier molecular flexibility index (Phi) is 5.07. The van der Waals surface area contributed by atoms with Gasteiger partial charge in [-0.25, -0.2) is 0 Å². The third-order valence-electron chi connectivity index (χ3n) is 5.55. The number of fused-ring (bicyclic) bond motifs is 1. The molecule has 0 saturated heterocycles. The van der Waals surface area contributed by atoms with Crippen LogP contribution in [0.25, 0.3) is 0 Å². The SMILES string of the molecule is Cc1noc(C)c1CSCC(=O)N(C1CC1)C1CCCc2ccccc21. The van der Waals surface area contributed by atoms with Crippen LogP contribution in [0.3, 0.4) is 0 Å². The van der Waals surface area contributed by atoms with Crippen molar-refractivity contribution < 1.29 is 9.32 Å².